The molecule has 0 aliphatic heterocycles. The predicted octanol–water partition coefficient (Wildman–Crippen LogP) is 6.11. The summed E-state index contributed by atoms with van der Waals surface area (Å²) in [6.07, 6.45) is 3.41. The minimum atomic E-state index is -0.276. The van der Waals surface area contributed by atoms with Crippen LogP contribution >= 0.6 is 0 Å². The average molecular weight is 417 g/mol. The van der Waals surface area contributed by atoms with Crippen molar-refractivity contribution in [2.24, 2.45) is 0 Å². The second-order valence-electron chi connectivity index (χ2n) is 7.19. The Hall–Kier alpha value is -4.63. The van der Waals surface area contributed by atoms with Crippen molar-refractivity contribution in [1.82, 2.24) is 15.0 Å². The molecule has 0 aliphatic carbocycles. The second kappa shape index (κ2) is 8.25. The molecule has 152 valence electrons. The fraction of sp³-hybridized carbons (Fsp3) is 0. The van der Waals surface area contributed by atoms with E-state index in [1.54, 1.807) is 36.7 Å². The van der Waals surface area contributed by atoms with E-state index in [4.69, 9.17) is 9.97 Å². The highest BCUT2D eigenvalue weighted by Gasteiger charge is 2.12. The summed E-state index contributed by atoms with van der Waals surface area (Å²) in [5.74, 6) is 0.872. The number of nitriles is 1. The van der Waals surface area contributed by atoms with E-state index in [0.717, 1.165) is 33.3 Å². The minimum Gasteiger partial charge on any atom is -0.340 e. The van der Waals surface area contributed by atoms with Gasteiger partial charge in [-0.3, -0.25) is 4.98 Å². The lowest BCUT2D eigenvalue weighted by Gasteiger charge is -2.12. The summed E-state index contributed by atoms with van der Waals surface area (Å²) in [6, 6.07) is 25.3. The van der Waals surface area contributed by atoms with Crippen LogP contribution in [0.3, 0.4) is 0 Å². The SMILES string of the molecule is N#Cc1cccc(Nc2nc(-c3cccnc3)nc3cc(-c4ccc(F)cc4)ccc23)c1. The Kier molecular flexibility index (Phi) is 4.98. The molecule has 5 aromatic rings. The molecule has 0 saturated heterocycles. The molecule has 6 heteroatoms. The summed E-state index contributed by atoms with van der Waals surface area (Å²) < 4.78 is 13.4. The molecular weight excluding hydrogens is 401 g/mol. The zero-order chi connectivity index (χ0) is 21.9. The fourth-order valence-corrected chi connectivity index (χ4v) is 3.47. The van der Waals surface area contributed by atoms with Gasteiger partial charge in [0.25, 0.3) is 0 Å². The number of nitrogens with one attached hydrogen (secondary N) is 1. The summed E-state index contributed by atoms with van der Waals surface area (Å²) in [4.78, 5) is 13.7. The van der Waals surface area contributed by atoms with E-state index in [9.17, 15) is 9.65 Å². The van der Waals surface area contributed by atoms with E-state index in [-0.39, 0.29) is 5.82 Å². The number of fused-ring (bicyclic) bond motifs is 1. The highest BCUT2D eigenvalue weighted by Crippen LogP contribution is 2.31. The van der Waals surface area contributed by atoms with Crippen molar-refractivity contribution in [1.29, 1.82) is 5.26 Å². The average Bonchev–Trinajstić information content (AvgIpc) is 2.84. The van der Waals surface area contributed by atoms with Crippen molar-refractivity contribution in [3.63, 3.8) is 0 Å². The van der Waals surface area contributed by atoms with E-state index < -0.39 is 0 Å². The Labute approximate surface area is 183 Å². The monoisotopic (exact) mass is 417 g/mol. The number of hydrogen-bond donors (Lipinski definition) is 1. The molecule has 0 aliphatic rings. The van der Waals surface area contributed by atoms with Crippen LogP contribution in [0.5, 0.6) is 0 Å². The van der Waals surface area contributed by atoms with Crippen molar-refractivity contribution < 1.29 is 4.39 Å². The smallest absolute Gasteiger partial charge is 0.163 e. The van der Waals surface area contributed by atoms with Crippen molar-refractivity contribution in [3.05, 3.63) is 103 Å². The topological polar surface area (TPSA) is 74.5 Å². The normalized spacial score (nSPS) is 10.6. The molecular formula is C26H16FN5. The van der Waals surface area contributed by atoms with Gasteiger partial charge in [0.05, 0.1) is 17.1 Å². The van der Waals surface area contributed by atoms with E-state index >= 15 is 0 Å². The minimum absolute atomic E-state index is 0.276. The maximum atomic E-state index is 13.4. The zero-order valence-electron chi connectivity index (χ0n) is 16.8. The number of halogens is 1. The molecule has 0 unspecified atom stereocenters. The Balaban J connectivity index is 1.67. The molecule has 0 fully saturated rings. The van der Waals surface area contributed by atoms with E-state index in [1.165, 1.54) is 12.1 Å². The van der Waals surface area contributed by atoms with Crippen LogP contribution in [0.15, 0.2) is 91.3 Å². The molecule has 0 spiro atoms. The molecule has 5 nitrogen and oxygen atoms in total. The van der Waals surface area contributed by atoms with Crippen molar-refractivity contribution >= 4 is 22.4 Å². The molecule has 0 amide bonds. The van der Waals surface area contributed by atoms with E-state index in [0.29, 0.717) is 17.2 Å². The lowest BCUT2D eigenvalue weighted by Crippen LogP contribution is -2.00. The number of hydrogen-bond acceptors (Lipinski definition) is 5. The van der Waals surface area contributed by atoms with Crippen molar-refractivity contribution in [2.45, 2.75) is 0 Å². The lowest BCUT2D eigenvalue weighted by atomic mass is 10.0. The number of aromatic nitrogens is 3. The zero-order valence-corrected chi connectivity index (χ0v) is 16.8. The van der Waals surface area contributed by atoms with Gasteiger partial charge in [0, 0.05) is 29.0 Å². The van der Waals surface area contributed by atoms with Crippen LogP contribution in [0.1, 0.15) is 5.56 Å². The van der Waals surface area contributed by atoms with Gasteiger partial charge in [-0.25, -0.2) is 14.4 Å². The first-order valence-electron chi connectivity index (χ1n) is 9.95. The predicted molar refractivity (Wildman–Crippen MR) is 123 cm³/mol. The van der Waals surface area contributed by atoms with Crippen LogP contribution < -0.4 is 5.32 Å². The first kappa shape index (κ1) is 19.3. The number of pyridine rings is 1. The van der Waals surface area contributed by atoms with Crippen molar-refractivity contribution in [3.8, 4) is 28.6 Å². The van der Waals surface area contributed by atoms with Gasteiger partial charge in [-0.05, 0) is 65.7 Å². The number of nitrogens with zero attached hydrogens (tertiary/aromatic N) is 4. The first-order chi connectivity index (χ1) is 15.7. The maximum Gasteiger partial charge on any atom is 0.163 e. The summed E-state index contributed by atoms with van der Waals surface area (Å²) >= 11 is 0. The number of benzene rings is 3. The van der Waals surface area contributed by atoms with Gasteiger partial charge in [-0.15, -0.1) is 0 Å². The van der Waals surface area contributed by atoms with Gasteiger partial charge in [0.1, 0.15) is 11.6 Å². The Morgan fingerprint density at radius 2 is 1.66 bits per heavy atom. The molecule has 32 heavy (non-hydrogen) atoms. The van der Waals surface area contributed by atoms with Gasteiger partial charge in [0.2, 0.25) is 0 Å². The molecule has 2 aromatic heterocycles. The largest absolute Gasteiger partial charge is 0.340 e. The molecule has 0 bridgehead atoms. The van der Waals surface area contributed by atoms with Gasteiger partial charge in [-0.1, -0.05) is 24.3 Å². The van der Waals surface area contributed by atoms with Crippen LogP contribution in [0.4, 0.5) is 15.9 Å². The Morgan fingerprint density at radius 1 is 0.812 bits per heavy atom. The van der Waals surface area contributed by atoms with Gasteiger partial charge in [-0.2, -0.15) is 5.26 Å². The van der Waals surface area contributed by atoms with E-state index in [2.05, 4.69) is 16.4 Å². The summed E-state index contributed by atoms with van der Waals surface area (Å²) in [5, 5.41) is 13.4. The van der Waals surface area contributed by atoms with Crippen LogP contribution in [-0.2, 0) is 0 Å². The number of rotatable bonds is 4. The molecule has 0 atom stereocenters. The standard InChI is InChI=1S/C26H16FN5/c27-21-9-6-18(7-10-21)19-8-11-23-24(14-19)31-25(20-4-2-12-29-16-20)32-26(23)30-22-5-1-3-17(13-22)15-28/h1-14,16H,(H,30,31,32). The Bertz CT molecular complexity index is 1460. The second-order valence-corrected chi connectivity index (χ2v) is 7.19. The van der Waals surface area contributed by atoms with Gasteiger partial charge >= 0.3 is 0 Å². The maximum absolute atomic E-state index is 13.4. The fourth-order valence-electron chi connectivity index (χ4n) is 3.47. The van der Waals surface area contributed by atoms with Crippen molar-refractivity contribution in [2.75, 3.05) is 5.32 Å². The van der Waals surface area contributed by atoms with Crippen LogP contribution in [-0.4, -0.2) is 15.0 Å². The third kappa shape index (κ3) is 3.87. The summed E-state index contributed by atoms with van der Waals surface area (Å²) in [7, 11) is 0. The first-order valence-corrected chi connectivity index (χ1v) is 9.95. The van der Waals surface area contributed by atoms with Crippen LogP contribution in [0.2, 0.25) is 0 Å². The molecule has 0 radical (unpaired) electrons. The van der Waals surface area contributed by atoms with Crippen LogP contribution in [0, 0.1) is 17.1 Å². The molecule has 1 N–H and O–H groups in total. The van der Waals surface area contributed by atoms with E-state index in [1.807, 2.05) is 42.5 Å². The molecule has 0 saturated carbocycles. The lowest BCUT2D eigenvalue weighted by molar-refractivity contribution is 0.628. The molecule has 5 rings (SSSR count). The van der Waals surface area contributed by atoms with Gasteiger partial charge in [0.15, 0.2) is 5.82 Å². The van der Waals surface area contributed by atoms with Crippen LogP contribution in [0.25, 0.3) is 33.4 Å². The molecule has 2 heterocycles. The quantitative estimate of drug-likeness (QED) is 0.382. The molecule has 3 aromatic carbocycles. The highest BCUT2D eigenvalue weighted by molar-refractivity contribution is 5.94. The third-order valence-electron chi connectivity index (χ3n) is 5.05. The summed E-state index contributed by atoms with van der Waals surface area (Å²) in [6.45, 7) is 0. The van der Waals surface area contributed by atoms with Gasteiger partial charge < -0.3 is 5.32 Å². The highest BCUT2D eigenvalue weighted by atomic mass is 19.1. The number of anilines is 2. The summed E-state index contributed by atoms with van der Waals surface area (Å²) in [5.41, 5.74) is 4.65. The third-order valence-corrected chi connectivity index (χ3v) is 5.05. The Morgan fingerprint density at radius 3 is 2.44 bits per heavy atom.